The molecule has 2 N–H and O–H groups in total. The standard InChI is InChI=1S/C20H33N3O/c1-9-12-17(19(22-8)15(5)16(6)21-7)13-18(14(4)10-2)20(24)23-11-3/h9,12-14,21H,1,10-11H2,2-8H3,(H,23,24)/b16-15+,17-12+,18-13+,22-19+. The number of allylic oxidation sites excluding steroid dienone is 6. The van der Waals surface area contributed by atoms with Gasteiger partial charge < -0.3 is 10.6 Å². The summed E-state index contributed by atoms with van der Waals surface area (Å²) in [4.78, 5) is 16.9. The monoisotopic (exact) mass is 331 g/mol. The molecular formula is C20H33N3O. The van der Waals surface area contributed by atoms with E-state index in [9.17, 15) is 4.79 Å². The van der Waals surface area contributed by atoms with Gasteiger partial charge in [-0.05, 0) is 44.8 Å². The number of rotatable bonds is 9. The topological polar surface area (TPSA) is 53.5 Å². The van der Waals surface area contributed by atoms with Gasteiger partial charge in [0.15, 0.2) is 0 Å². The Bertz CT molecular complexity index is 565. The summed E-state index contributed by atoms with van der Waals surface area (Å²) in [6.07, 6.45) is 6.46. The minimum Gasteiger partial charge on any atom is -0.391 e. The molecule has 0 aliphatic heterocycles. The van der Waals surface area contributed by atoms with Crippen LogP contribution in [0.3, 0.4) is 0 Å². The van der Waals surface area contributed by atoms with Crippen molar-refractivity contribution in [3.05, 3.63) is 47.2 Å². The first kappa shape index (κ1) is 21.9. The third kappa shape index (κ3) is 6.19. The van der Waals surface area contributed by atoms with Crippen molar-refractivity contribution < 1.29 is 4.79 Å². The van der Waals surface area contributed by atoms with E-state index in [1.807, 2.05) is 40.0 Å². The Morgan fingerprint density at radius 2 is 1.92 bits per heavy atom. The zero-order valence-corrected chi connectivity index (χ0v) is 16.3. The second-order valence-corrected chi connectivity index (χ2v) is 5.70. The van der Waals surface area contributed by atoms with Gasteiger partial charge >= 0.3 is 0 Å². The number of carbonyl (C=O) groups excluding carboxylic acids is 1. The zero-order valence-electron chi connectivity index (χ0n) is 16.3. The maximum absolute atomic E-state index is 12.5. The van der Waals surface area contributed by atoms with Crippen LogP contribution >= 0.6 is 0 Å². The van der Waals surface area contributed by atoms with Crippen molar-refractivity contribution in [2.24, 2.45) is 10.9 Å². The lowest BCUT2D eigenvalue weighted by Gasteiger charge is -2.17. The molecule has 0 radical (unpaired) electrons. The first-order valence-electron chi connectivity index (χ1n) is 8.52. The number of aliphatic imine (C=N–C) groups is 1. The molecule has 0 heterocycles. The van der Waals surface area contributed by atoms with E-state index in [4.69, 9.17) is 0 Å². The molecular weight excluding hydrogens is 298 g/mol. The summed E-state index contributed by atoms with van der Waals surface area (Å²) in [6.45, 7) is 14.5. The van der Waals surface area contributed by atoms with Gasteiger partial charge in [-0.1, -0.05) is 32.6 Å². The van der Waals surface area contributed by atoms with Crippen LogP contribution in [0, 0.1) is 5.92 Å². The van der Waals surface area contributed by atoms with Gasteiger partial charge in [0.25, 0.3) is 0 Å². The van der Waals surface area contributed by atoms with Crippen LogP contribution in [0.4, 0.5) is 0 Å². The molecule has 1 amide bonds. The summed E-state index contributed by atoms with van der Waals surface area (Å²) in [5, 5.41) is 6.06. The molecule has 0 spiro atoms. The van der Waals surface area contributed by atoms with E-state index in [0.29, 0.717) is 6.54 Å². The first-order chi connectivity index (χ1) is 11.4. The third-order valence-electron chi connectivity index (χ3n) is 4.14. The van der Waals surface area contributed by atoms with Crippen molar-refractivity contribution in [1.29, 1.82) is 0 Å². The van der Waals surface area contributed by atoms with Gasteiger partial charge in [0.2, 0.25) is 5.91 Å². The van der Waals surface area contributed by atoms with Crippen molar-refractivity contribution in [2.75, 3.05) is 20.6 Å². The van der Waals surface area contributed by atoms with Crippen molar-refractivity contribution >= 4 is 11.6 Å². The molecule has 0 aromatic carbocycles. The molecule has 1 unspecified atom stereocenters. The van der Waals surface area contributed by atoms with Crippen LogP contribution in [-0.2, 0) is 4.79 Å². The van der Waals surface area contributed by atoms with E-state index in [0.717, 1.165) is 34.5 Å². The summed E-state index contributed by atoms with van der Waals surface area (Å²) in [7, 11) is 3.65. The minimum atomic E-state index is -0.0239. The lowest BCUT2D eigenvalue weighted by Crippen LogP contribution is -2.27. The van der Waals surface area contributed by atoms with Gasteiger partial charge in [-0.25, -0.2) is 0 Å². The summed E-state index contributed by atoms with van der Waals surface area (Å²) in [5.41, 5.74) is 4.60. The number of amides is 1. The highest BCUT2D eigenvalue weighted by Crippen LogP contribution is 2.20. The van der Waals surface area contributed by atoms with Crippen molar-refractivity contribution in [3.63, 3.8) is 0 Å². The number of carbonyl (C=O) groups is 1. The van der Waals surface area contributed by atoms with E-state index in [-0.39, 0.29) is 11.8 Å². The van der Waals surface area contributed by atoms with Gasteiger partial charge in [0.1, 0.15) is 0 Å². The average Bonchev–Trinajstić information content (AvgIpc) is 2.58. The Morgan fingerprint density at radius 3 is 2.33 bits per heavy atom. The Kier molecular flexibility index (Phi) is 10.4. The highest BCUT2D eigenvalue weighted by Gasteiger charge is 2.17. The molecule has 0 aliphatic rings. The van der Waals surface area contributed by atoms with Crippen molar-refractivity contribution in [1.82, 2.24) is 10.6 Å². The Balaban J connectivity index is 6.17. The fourth-order valence-electron chi connectivity index (χ4n) is 2.28. The molecule has 134 valence electrons. The fraction of sp³-hybridized carbons (Fsp3) is 0.500. The maximum atomic E-state index is 12.5. The van der Waals surface area contributed by atoms with E-state index in [1.165, 1.54) is 0 Å². The van der Waals surface area contributed by atoms with Crippen LogP contribution in [0.15, 0.2) is 52.2 Å². The molecule has 0 rings (SSSR count). The number of nitrogens with one attached hydrogen (secondary N) is 2. The van der Waals surface area contributed by atoms with E-state index in [2.05, 4.69) is 36.1 Å². The molecule has 0 saturated carbocycles. The van der Waals surface area contributed by atoms with Crippen LogP contribution < -0.4 is 10.6 Å². The van der Waals surface area contributed by atoms with E-state index in [1.54, 1.807) is 13.1 Å². The van der Waals surface area contributed by atoms with Crippen LogP contribution in [0.5, 0.6) is 0 Å². The number of hydrogen-bond donors (Lipinski definition) is 2. The molecule has 0 bridgehead atoms. The minimum absolute atomic E-state index is 0.0239. The summed E-state index contributed by atoms with van der Waals surface area (Å²) in [6, 6.07) is 0. The molecule has 4 nitrogen and oxygen atoms in total. The van der Waals surface area contributed by atoms with Crippen LogP contribution in [0.2, 0.25) is 0 Å². The van der Waals surface area contributed by atoms with Gasteiger partial charge in [0.05, 0.1) is 5.71 Å². The number of likely N-dealkylation sites (N-methyl/N-ethyl adjacent to an activating group) is 1. The third-order valence-corrected chi connectivity index (χ3v) is 4.14. The lowest BCUT2D eigenvalue weighted by atomic mass is 9.92. The molecule has 0 saturated heterocycles. The molecule has 0 aromatic rings. The summed E-state index contributed by atoms with van der Waals surface area (Å²) < 4.78 is 0. The highest BCUT2D eigenvalue weighted by atomic mass is 16.1. The predicted molar refractivity (Wildman–Crippen MR) is 105 cm³/mol. The van der Waals surface area contributed by atoms with Gasteiger partial charge in [-0.3, -0.25) is 9.79 Å². The molecule has 0 fully saturated rings. The molecule has 0 aliphatic carbocycles. The predicted octanol–water partition coefficient (Wildman–Crippen LogP) is 3.79. The number of nitrogens with zero attached hydrogens (tertiary/aromatic N) is 1. The molecule has 0 aromatic heterocycles. The average molecular weight is 332 g/mol. The second-order valence-electron chi connectivity index (χ2n) is 5.70. The normalized spacial score (nSPS) is 15.5. The first-order valence-corrected chi connectivity index (χ1v) is 8.52. The molecule has 24 heavy (non-hydrogen) atoms. The fourth-order valence-corrected chi connectivity index (χ4v) is 2.28. The molecule has 4 heteroatoms. The summed E-state index contributed by atoms with van der Waals surface area (Å²) in [5.74, 6) is 0.141. The van der Waals surface area contributed by atoms with Gasteiger partial charge in [-0.2, -0.15) is 0 Å². The quantitative estimate of drug-likeness (QED) is 0.384. The second kappa shape index (κ2) is 11.4. The SMILES string of the molecule is C=C/C=C(\C=C(\C(=O)NCC)C(C)CC)C(=N/C)/C(C)=C(\C)NC. The number of hydrogen-bond acceptors (Lipinski definition) is 3. The van der Waals surface area contributed by atoms with E-state index >= 15 is 0 Å². The van der Waals surface area contributed by atoms with E-state index < -0.39 is 0 Å². The van der Waals surface area contributed by atoms with Crippen LogP contribution in [-0.4, -0.2) is 32.3 Å². The lowest BCUT2D eigenvalue weighted by molar-refractivity contribution is -0.117. The highest BCUT2D eigenvalue weighted by molar-refractivity contribution is 6.15. The van der Waals surface area contributed by atoms with Gasteiger partial charge in [-0.15, -0.1) is 0 Å². The van der Waals surface area contributed by atoms with Crippen molar-refractivity contribution in [3.8, 4) is 0 Å². The molecule has 1 atom stereocenters. The van der Waals surface area contributed by atoms with Gasteiger partial charge in [0, 0.05) is 37.5 Å². The maximum Gasteiger partial charge on any atom is 0.247 e. The Hall–Kier alpha value is -2.10. The zero-order chi connectivity index (χ0) is 18.7. The van der Waals surface area contributed by atoms with Crippen LogP contribution in [0.25, 0.3) is 0 Å². The van der Waals surface area contributed by atoms with Crippen molar-refractivity contribution in [2.45, 2.75) is 41.0 Å². The summed E-state index contributed by atoms with van der Waals surface area (Å²) >= 11 is 0. The smallest absolute Gasteiger partial charge is 0.247 e. The largest absolute Gasteiger partial charge is 0.391 e. The Labute approximate surface area is 147 Å². The Morgan fingerprint density at radius 1 is 1.29 bits per heavy atom. The van der Waals surface area contributed by atoms with Crippen LogP contribution in [0.1, 0.15) is 41.0 Å².